The van der Waals surface area contributed by atoms with Crippen molar-refractivity contribution in [2.24, 2.45) is 0 Å². The van der Waals surface area contributed by atoms with Gasteiger partial charge >= 0.3 is 6.85 Å². The van der Waals surface area contributed by atoms with Crippen LogP contribution in [0.15, 0.2) is 206 Å². The van der Waals surface area contributed by atoms with Crippen molar-refractivity contribution >= 4 is 116 Å². The summed E-state index contributed by atoms with van der Waals surface area (Å²) in [6.45, 7) is 32.5. The molecule has 2 aromatic heterocycles. The molecule has 1 aliphatic carbocycles. The highest BCUT2D eigenvalue weighted by atomic mass is 32.1. The molecule has 0 amide bonds. The van der Waals surface area contributed by atoms with E-state index in [0.717, 1.165) is 17.1 Å². The lowest BCUT2D eigenvalue weighted by molar-refractivity contribution is 0.590. The molecule has 0 N–H and O–H groups in total. The molecule has 4 heterocycles. The highest BCUT2D eigenvalue weighted by Gasteiger charge is 2.49. The van der Waals surface area contributed by atoms with E-state index in [2.05, 4.69) is 317 Å². The summed E-state index contributed by atoms with van der Waals surface area (Å²) in [7, 11) is 0. The Morgan fingerprint density at radius 2 is 1.01 bits per heavy atom. The third-order valence-corrected chi connectivity index (χ3v) is 21.4. The Kier molecular flexibility index (Phi) is 12.4. The minimum Gasteiger partial charge on any atom is -0.376 e. The minimum atomic E-state index is -0.302. The first-order chi connectivity index (χ1) is 41.4. The number of benzene rings is 10. The molecule has 2 aliphatic heterocycles. The van der Waals surface area contributed by atoms with Crippen LogP contribution in [0, 0.1) is 0 Å². The lowest BCUT2D eigenvalue weighted by atomic mass is 9.43. The Balaban J connectivity index is 1.04. The minimum absolute atomic E-state index is 0.0105. The molecule has 12 aromatic rings. The van der Waals surface area contributed by atoms with Crippen LogP contribution in [0.1, 0.15) is 130 Å². The molecular formula is C81H76BN3S2. The quantitative estimate of drug-likeness (QED) is 0.154. The third-order valence-electron chi connectivity index (χ3n) is 19.3. The number of anilines is 8. The van der Waals surface area contributed by atoms with Crippen LogP contribution in [0.4, 0.5) is 45.5 Å². The van der Waals surface area contributed by atoms with Crippen LogP contribution in [0.25, 0.3) is 63.6 Å². The van der Waals surface area contributed by atoms with Crippen molar-refractivity contribution in [3.63, 3.8) is 0 Å². The van der Waals surface area contributed by atoms with Gasteiger partial charge in [-0.15, -0.1) is 22.7 Å². The fourth-order valence-electron chi connectivity index (χ4n) is 14.4. The fraction of sp³-hybridized carbons (Fsp3) is 0.235. The lowest BCUT2D eigenvalue weighted by Crippen LogP contribution is -2.61. The first kappa shape index (κ1) is 55.4. The van der Waals surface area contributed by atoms with Gasteiger partial charge in [-0.1, -0.05) is 194 Å². The van der Waals surface area contributed by atoms with Crippen molar-refractivity contribution in [3.05, 3.63) is 239 Å². The van der Waals surface area contributed by atoms with Gasteiger partial charge in [-0.3, -0.25) is 0 Å². The van der Waals surface area contributed by atoms with E-state index >= 15 is 0 Å². The van der Waals surface area contributed by atoms with Crippen LogP contribution >= 0.6 is 22.7 Å². The summed E-state index contributed by atoms with van der Waals surface area (Å²) in [5, 5.41) is 6.13. The molecule has 87 heavy (non-hydrogen) atoms. The number of nitrogens with zero attached hydrogens (tertiary/aromatic N) is 3. The summed E-state index contributed by atoms with van der Waals surface area (Å²) in [6.07, 6.45) is 0. The van der Waals surface area contributed by atoms with E-state index in [0.29, 0.717) is 0 Å². The maximum Gasteiger partial charge on any atom is 0.333 e. The summed E-state index contributed by atoms with van der Waals surface area (Å²) < 4.78 is 3.91. The predicted molar refractivity (Wildman–Crippen MR) is 381 cm³/mol. The van der Waals surface area contributed by atoms with E-state index in [1.165, 1.54) is 136 Å². The van der Waals surface area contributed by atoms with Crippen molar-refractivity contribution in [1.29, 1.82) is 0 Å². The average Bonchev–Trinajstić information content (AvgIpc) is 1.67. The third kappa shape index (κ3) is 8.86. The predicted octanol–water partition coefficient (Wildman–Crippen LogP) is 22.6. The first-order valence-electron chi connectivity index (χ1n) is 31.2. The molecule has 15 rings (SSSR count). The van der Waals surface area contributed by atoms with Crippen LogP contribution in [-0.2, 0) is 27.1 Å². The molecule has 0 spiro atoms. The Labute approximate surface area is 523 Å². The summed E-state index contributed by atoms with van der Waals surface area (Å²) in [5.41, 5.74) is 27.4. The average molecular weight is 1170 g/mol. The first-order valence-corrected chi connectivity index (χ1v) is 32.9. The topological polar surface area (TPSA) is 9.72 Å². The number of fused-ring (bicyclic) bond motifs is 12. The van der Waals surface area contributed by atoms with Gasteiger partial charge in [0.1, 0.15) is 0 Å². The second-order valence-corrected chi connectivity index (χ2v) is 31.5. The Morgan fingerprint density at radius 1 is 0.425 bits per heavy atom. The summed E-state index contributed by atoms with van der Waals surface area (Å²) in [4.78, 5) is 7.92. The second-order valence-electron chi connectivity index (χ2n) is 29.5. The standard InChI is InChI=1S/C81H76BN3S2/c1-77(2,3)51-24-31-55(32-25-51)83(56-33-26-52(27-34-56)78(4,5)6)58-37-38-66-61(44-58)62-45-63-64-46-65-59-22-18-19-23-72(59)87-76(65)75-74(64)82(85(70(63)47-67(62)81(66,13)14)57-35-28-53(29-36-57)79(7,8)9)68-48-73-50(40-41-86-73)42-71(68)84(75)69-39-30-54(80(10,11)12)43-60(69)49-20-16-15-17-21-49/h15-48H,1-14H3. The smallest absolute Gasteiger partial charge is 0.333 e. The molecule has 0 saturated carbocycles. The molecule has 6 heteroatoms. The van der Waals surface area contributed by atoms with Crippen LogP contribution in [0.3, 0.4) is 0 Å². The molecule has 3 aliphatic rings. The molecule has 3 nitrogen and oxygen atoms in total. The van der Waals surface area contributed by atoms with E-state index in [1.54, 1.807) is 0 Å². The molecule has 0 saturated heterocycles. The van der Waals surface area contributed by atoms with Crippen molar-refractivity contribution in [1.82, 2.24) is 0 Å². The zero-order valence-corrected chi connectivity index (χ0v) is 54.5. The van der Waals surface area contributed by atoms with Gasteiger partial charge in [0.2, 0.25) is 0 Å². The van der Waals surface area contributed by atoms with Crippen molar-refractivity contribution in [2.45, 2.75) is 124 Å². The van der Waals surface area contributed by atoms with E-state index < -0.39 is 0 Å². The number of hydrogen-bond donors (Lipinski definition) is 0. The SMILES string of the molecule is CC(C)(C)c1ccc(N2B3c4cc5sccc5cc4N(c4ccc(C(C)(C)C)cc4-c4ccccc4)c4c3c(cc3c4sc4ccccc43)-c3cc4c(cc32)C(C)(C)c2ccc(N(c3ccc(C(C)(C)C)cc3)c3ccc(C(C)(C)C)cc3)cc2-4)cc1. The van der Waals surface area contributed by atoms with Gasteiger partial charge in [-0.05, 0) is 202 Å². The maximum atomic E-state index is 2.75. The summed E-state index contributed by atoms with van der Waals surface area (Å²) >= 11 is 3.79. The maximum absolute atomic E-state index is 2.75. The lowest BCUT2D eigenvalue weighted by Gasteiger charge is -2.46. The Hall–Kier alpha value is -8.16. The second kappa shape index (κ2) is 19.4. The Bertz CT molecular complexity index is 4690. The normalized spacial score (nSPS) is 14.3. The molecule has 0 fully saturated rings. The summed E-state index contributed by atoms with van der Waals surface area (Å²) in [5.74, 6) is 0. The molecule has 0 radical (unpaired) electrons. The van der Waals surface area contributed by atoms with Crippen LogP contribution < -0.4 is 25.5 Å². The van der Waals surface area contributed by atoms with Gasteiger partial charge in [-0.2, -0.15) is 0 Å². The molecular weight excluding hydrogens is 1090 g/mol. The van der Waals surface area contributed by atoms with Crippen LogP contribution in [-0.4, -0.2) is 6.85 Å². The van der Waals surface area contributed by atoms with Gasteiger partial charge in [0.05, 0.1) is 16.1 Å². The molecule has 430 valence electrons. The largest absolute Gasteiger partial charge is 0.376 e. The van der Waals surface area contributed by atoms with Gasteiger partial charge in [0, 0.05) is 70.8 Å². The number of hydrogen-bond acceptors (Lipinski definition) is 5. The van der Waals surface area contributed by atoms with Gasteiger partial charge < -0.3 is 14.6 Å². The van der Waals surface area contributed by atoms with Crippen molar-refractivity contribution in [2.75, 3.05) is 14.6 Å². The van der Waals surface area contributed by atoms with E-state index in [1.807, 2.05) is 22.7 Å². The highest BCUT2D eigenvalue weighted by Crippen LogP contribution is 2.58. The number of thiophene rings is 2. The van der Waals surface area contributed by atoms with E-state index in [-0.39, 0.29) is 33.9 Å². The zero-order valence-electron chi connectivity index (χ0n) is 52.9. The molecule has 0 bridgehead atoms. The highest BCUT2D eigenvalue weighted by molar-refractivity contribution is 7.26. The van der Waals surface area contributed by atoms with E-state index in [4.69, 9.17) is 0 Å². The van der Waals surface area contributed by atoms with Crippen LogP contribution in [0.2, 0.25) is 0 Å². The Morgan fingerprint density at radius 3 is 1.66 bits per heavy atom. The zero-order chi connectivity index (χ0) is 60.4. The fourth-order valence-corrected chi connectivity index (χ4v) is 16.4. The number of rotatable bonds is 6. The van der Waals surface area contributed by atoms with Crippen molar-refractivity contribution < 1.29 is 0 Å². The molecule has 0 atom stereocenters. The monoisotopic (exact) mass is 1170 g/mol. The summed E-state index contributed by atoms with van der Waals surface area (Å²) in [6, 6.07) is 78.2. The van der Waals surface area contributed by atoms with Crippen LogP contribution in [0.5, 0.6) is 0 Å². The molecule has 0 unspecified atom stereocenters. The van der Waals surface area contributed by atoms with E-state index in [9.17, 15) is 0 Å². The van der Waals surface area contributed by atoms with Crippen molar-refractivity contribution in [3.8, 4) is 33.4 Å². The molecule has 10 aromatic carbocycles. The van der Waals surface area contributed by atoms with Gasteiger partial charge in [-0.25, -0.2) is 0 Å². The van der Waals surface area contributed by atoms with Gasteiger partial charge in [0.25, 0.3) is 0 Å². The van der Waals surface area contributed by atoms with Gasteiger partial charge in [0.15, 0.2) is 0 Å².